The molecule has 12 heteroatoms. The third-order valence-electron chi connectivity index (χ3n) is 5.86. The highest BCUT2D eigenvalue weighted by molar-refractivity contribution is 5.72. The van der Waals surface area contributed by atoms with E-state index in [1.807, 2.05) is 20.8 Å². The van der Waals surface area contributed by atoms with Crippen molar-refractivity contribution >= 4 is 5.97 Å². The standard InChI is InChI=1S/C31H62O12/c1-5-7-8-30(6-2)31(32)43-28-26-41-24-22-39-20-18-37-16-14-35-12-10-33-9-11-34-13-15-36-17-19-38-21-23-40-25-27-42-29(3)4/h29-30H,5-28H2,1-4H3. The molecule has 0 radical (unpaired) electrons. The highest BCUT2D eigenvalue weighted by Gasteiger charge is 2.16. The van der Waals surface area contributed by atoms with Crippen LogP contribution in [0.15, 0.2) is 0 Å². The number of carbonyl (C=O) groups excluding carboxylic acids is 1. The smallest absolute Gasteiger partial charge is 0.308 e. The van der Waals surface area contributed by atoms with E-state index >= 15 is 0 Å². The van der Waals surface area contributed by atoms with Gasteiger partial charge in [0.05, 0.1) is 138 Å². The number of rotatable bonds is 36. The van der Waals surface area contributed by atoms with Crippen LogP contribution >= 0.6 is 0 Å². The van der Waals surface area contributed by atoms with Crippen LogP contribution in [0.1, 0.15) is 53.4 Å². The van der Waals surface area contributed by atoms with Crippen LogP contribution < -0.4 is 0 Å². The Bertz CT molecular complexity index is 553. The third kappa shape index (κ3) is 33.8. The van der Waals surface area contributed by atoms with Crippen molar-refractivity contribution in [2.45, 2.75) is 59.5 Å². The first-order valence-electron chi connectivity index (χ1n) is 16.1. The van der Waals surface area contributed by atoms with Crippen LogP contribution in [0.5, 0.6) is 0 Å². The SMILES string of the molecule is CCCCC(CC)C(=O)OCCOCCOCCOCCOCCOCCOCCOCCOCCOCCOC(C)C. The summed E-state index contributed by atoms with van der Waals surface area (Å²) >= 11 is 0. The number of hydrogen-bond donors (Lipinski definition) is 0. The molecule has 0 aliphatic heterocycles. The van der Waals surface area contributed by atoms with Gasteiger partial charge in [0.25, 0.3) is 0 Å². The van der Waals surface area contributed by atoms with Crippen LogP contribution in [-0.2, 0) is 56.9 Å². The minimum absolute atomic E-state index is 0.000804. The molecule has 0 aliphatic carbocycles. The number of esters is 1. The Kier molecular flexibility index (Phi) is 34.8. The largest absolute Gasteiger partial charge is 0.463 e. The lowest BCUT2D eigenvalue weighted by Crippen LogP contribution is -2.20. The zero-order valence-corrected chi connectivity index (χ0v) is 27.5. The molecule has 0 aromatic rings. The molecule has 258 valence electrons. The molecule has 0 heterocycles. The van der Waals surface area contributed by atoms with E-state index in [2.05, 4.69) is 6.92 Å². The van der Waals surface area contributed by atoms with Crippen LogP contribution in [-0.4, -0.2) is 144 Å². The molecule has 0 aromatic heterocycles. The fraction of sp³-hybridized carbons (Fsp3) is 0.968. The summed E-state index contributed by atoms with van der Waals surface area (Å²) in [6.45, 7) is 18.1. The summed E-state index contributed by atoms with van der Waals surface area (Å²) < 4.78 is 59.8. The van der Waals surface area contributed by atoms with E-state index in [0.717, 1.165) is 25.7 Å². The van der Waals surface area contributed by atoms with Crippen LogP contribution in [0.2, 0.25) is 0 Å². The van der Waals surface area contributed by atoms with Gasteiger partial charge in [-0.3, -0.25) is 4.79 Å². The van der Waals surface area contributed by atoms with Crippen LogP contribution in [0.25, 0.3) is 0 Å². The third-order valence-corrected chi connectivity index (χ3v) is 5.86. The summed E-state index contributed by atoms with van der Waals surface area (Å²) in [5, 5.41) is 0. The summed E-state index contributed by atoms with van der Waals surface area (Å²) in [5.74, 6) is -0.119. The molecule has 0 amide bonds. The summed E-state index contributed by atoms with van der Waals surface area (Å²) in [4.78, 5) is 12.0. The fourth-order valence-electron chi connectivity index (χ4n) is 3.46. The highest BCUT2D eigenvalue weighted by Crippen LogP contribution is 2.14. The molecule has 12 nitrogen and oxygen atoms in total. The van der Waals surface area contributed by atoms with Gasteiger partial charge in [-0.25, -0.2) is 0 Å². The van der Waals surface area contributed by atoms with Gasteiger partial charge in [0.1, 0.15) is 6.61 Å². The zero-order chi connectivity index (χ0) is 31.5. The lowest BCUT2D eigenvalue weighted by molar-refractivity contribution is -0.150. The Balaban J connectivity index is 3.15. The van der Waals surface area contributed by atoms with Gasteiger partial charge in [-0.15, -0.1) is 0 Å². The Morgan fingerprint density at radius 3 is 1.05 bits per heavy atom. The zero-order valence-electron chi connectivity index (χ0n) is 27.5. The number of carbonyl (C=O) groups is 1. The van der Waals surface area contributed by atoms with Gasteiger partial charge in [-0.2, -0.15) is 0 Å². The highest BCUT2D eigenvalue weighted by atomic mass is 16.6. The van der Waals surface area contributed by atoms with Crippen molar-refractivity contribution < 1.29 is 56.9 Å². The van der Waals surface area contributed by atoms with Gasteiger partial charge in [0.15, 0.2) is 0 Å². The van der Waals surface area contributed by atoms with E-state index in [4.69, 9.17) is 52.1 Å². The summed E-state index contributed by atoms with van der Waals surface area (Å²) in [5.41, 5.74) is 0. The van der Waals surface area contributed by atoms with E-state index in [-0.39, 0.29) is 24.6 Å². The van der Waals surface area contributed by atoms with Crippen molar-refractivity contribution in [1.82, 2.24) is 0 Å². The minimum atomic E-state index is -0.118. The van der Waals surface area contributed by atoms with Crippen molar-refractivity contribution in [2.24, 2.45) is 5.92 Å². The van der Waals surface area contributed by atoms with E-state index in [1.165, 1.54) is 0 Å². The maximum absolute atomic E-state index is 12.0. The monoisotopic (exact) mass is 626 g/mol. The van der Waals surface area contributed by atoms with E-state index in [1.54, 1.807) is 0 Å². The van der Waals surface area contributed by atoms with Crippen molar-refractivity contribution in [3.05, 3.63) is 0 Å². The first-order chi connectivity index (χ1) is 21.1. The maximum Gasteiger partial charge on any atom is 0.308 e. The molecule has 0 fully saturated rings. The molecule has 0 saturated heterocycles. The molecule has 0 aliphatic rings. The molecule has 1 atom stereocenters. The second-order valence-corrected chi connectivity index (χ2v) is 9.85. The minimum Gasteiger partial charge on any atom is -0.463 e. The second kappa shape index (κ2) is 35.5. The molecular formula is C31H62O12. The summed E-state index contributed by atoms with van der Waals surface area (Å²) in [7, 11) is 0. The Morgan fingerprint density at radius 2 is 0.767 bits per heavy atom. The number of hydrogen-bond acceptors (Lipinski definition) is 12. The first kappa shape index (κ1) is 42.1. The molecule has 1 unspecified atom stereocenters. The predicted octanol–water partition coefficient (Wildman–Crippen LogP) is 3.32. The Hall–Kier alpha value is -0.930. The van der Waals surface area contributed by atoms with E-state index in [9.17, 15) is 4.79 Å². The lowest BCUT2D eigenvalue weighted by Gasteiger charge is -2.13. The predicted molar refractivity (Wildman–Crippen MR) is 163 cm³/mol. The van der Waals surface area contributed by atoms with E-state index < -0.39 is 0 Å². The molecular weight excluding hydrogens is 564 g/mol. The number of ether oxygens (including phenoxy) is 11. The van der Waals surface area contributed by atoms with Gasteiger partial charge in [-0.05, 0) is 26.7 Å². The first-order valence-corrected chi connectivity index (χ1v) is 16.1. The molecule has 0 aromatic carbocycles. The molecule has 0 saturated carbocycles. The Morgan fingerprint density at radius 1 is 0.465 bits per heavy atom. The van der Waals surface area contributed by atoms with Crippen LogP contribution in [0.4, 0.5) is 0 Å². The summed E-state index contributed by atoms with van der Waals surface area (Å²) in [6, 6.07) is 0. The molecule has 0 rings (SSSR count). The van der Waals surface area contributed by atoms with Gasteiger partial charge >= 0.3 is 5.97 Å². The molecule has 43 heavy (non-hydrogen) atoms. The van der Waals surface area contributed by atoms with Gasteiger partial charge in [0, 0.05) is 0 Å². The molecule has 0 spiro atoms. The second-order valence-electron chi connectivity index (χ2n) is 9.85. The van der Waals surface area contributed by atoms with Crippen molar-refractivity contribution in [3.63, 3.8) is 0 Å². The van der Waals surface area contributed by atoms with Gasteiger partial charge in [0.2, 0.25) is 0 Å². The summed E-state index contributed by atoms with van der Waals surface area (Å²) in [6.07, 6.45) is 4.07. The van der Waals surface area contributed by atoms with Crippen molar-refractivity contribution in [3.8, 4) is 0 Å². The Labute approximate surface area is 260 Å². The lowest BCUT2D eigenvalue weighted by atomic mass is 10.00. The topological polar surface area (TPSA) is 119 Å². The van der Waals surface area contributed by atoms with Crippen LogP contribution in [0, 0.1) is 5.92 Å². The van der Waals surface area contributed by atoms with Gasteiger partial charge < -0.3 is 52.1 Å². The molecule has 0 bridgehead atoms. The van der Waals surface area contributed by atoms with Crippen molar-refractivity contribution in [1.29, 1.82) is 0 Å². The normalized spacial score (nSPS) is 12.3. The average molecular weight is 627 g/mol. The van der Waals surface area contributed by atoms with Gasteiger partial charge in [-0.1, -0.05) is 26.7 Å². The van der Waals surface area contributed by atoms with Crippen LogP contribution in [0.3, 0.4) is 0 Å². The fourth-order valence-corrected chi connectivity index (χ4v) is 3.46. The average Bonchev–Trinajstić information content (AvgIpc) is 3.00. The molecule has 0 N–H and O–H groups in total. The number of unbranched alkanes of at least 4 members (excludes halogenated alkanes) is 1. The maximum atomic E-state index is 12.0. The van der Waals surface area contributed by atoms with E-state index in [0.29, 0.717) is 126 Å². The quantitative estimate of drug-likeness (QED) is 0.0750. The van der Waals surface area contributed by atoms with Crippen molar-refractivity contribution in [2.75, 3.05) is 132 Å².